The van der Waals surface area contributed by atoms with Crippen LogP contribution in [0.2, 0.25) is 0 Å². The van der Waals surface area contributed by atoms with Gasteiger partial charge in [0.2, 0.25) is 0 Å². The third-order valence-corrected chi connectivity index (χ3v) is 2.93. The van der Waals surface area contributed by atoms with E-state index in [4.69, 9.17) is 5.11 Å². The highest BCUT2D eigenvalue weighted by molar-refractivity contribution is 9.10. The predicted molar refractivity (Wildman–Crippen MR) is 61.9 cm³/mol. The molecule has 0 aliphatic heterocycles. The zero-order valence-corrected chi connectivity index (χ0v) is 10.2. The number of aliphatic hydroxyl groups is 1. The quantitative estimate of drug-likeness (QED) is 0.765. The summed E-state index contributed by atoms with van der Waals surface area (Å²) in [6, 6.07) is -0.0927. The number of rotatable bonds is 4. The first-order valence-corrected chi connectivity index (χ1v) is 5.46. The van der Waals surface area contributed by atoms with Crippen LogP contribution in [0.15, 0.2) is 15.5 Å². The largest absolute Gasteiger partial charge is 0.394 e. The van der Waals surface area contributed by atoms with Gasteiger partial charge in [0.15, 0.2) is 0 Å². The van der Waals surface area contributed by atoms with E-state index in [0.29, 0.717) is 10.2 Å². The first-order chi connectivity index (χ1) is 7.06. The van der Waals surface area contributed by atoms with Gasteiger partial charge < -0.3 is 10.4 Å². The molecule has 0 bridgehead atoms. The van der Waals surface area contributed by atoms with Crippen molar-refractivity contribution in [1.82, 2.24) is 10.2 Å². The summed E-state index contributed by atoms with van der Waals surface area (Å²) in [5.41, 5.74) is 0.298. The Morgan fingerprint density at radius 2 is 2.33 bits per heavy atom. The molecular weight excluding hydrogens is 262 g/mol. The van der Waals surface area contributed by atoms with Crippen molar-refractivity contribution in [3.05, 3.63) is 21.0 Å². The van der Waals surface area contributed by atoms with Crippen molar-refractivity contribution in [3.8, 4) is 0 Å². The minimum atomic E-state index is -0.291. The van der Waals surface area contributed by atoms with E-state index in [0.717, 1.165) is 0 Å². The average molecular weight is 276 g/mol. The molecule has 1 atom stereocenters. The van der Waals surface area contributed by atoms with Crippen molar-refractivity contribution in [3.63, 3.8) is 0 Å². The predicted octanol–water partition coefficient (Wildman–Crippen LogP) is 0.961. The van der Waals surface area contributed by atoms with Crippen molar-refractivity contribution >= 4 is 21.6 Å². The molecule has 1 heterocycles. The van der Waals surface area contributed by atoms with Gasteiger partial charge in [-0.2, -0.15) is 5.10 Å². The molecular formula is C9H14BrN3O2. The zero-order valence-electron chi connectivity index (χ0n) is 8.62. The molecule has 15 heavy (non-hydrogen) atoms. The highest BCUT2D eigenvalue weighted by atomic mass is 79.9. The third kappa shape index (κ3) is 3.04. The second kappa shape index (κ2) is 5.27. The molecule has 0 radical (unpaired) electrons. The van der Waals surface area contributed by atoms with Crippen molar-refractivity contribution < 1.29 is 5.11 Å². The molecule has 0 saturated heterocycles. The highest BCUT2D eigenvalue weighted by Crippen LogP contribution is 2.18. The maximum atomic E-state index is 11.2. The molecule has 3 N–H and O–H groups in total. The Morgan fingerprint density at radius 1 is 1.67 bits per heavy atom. The summed E-state index contributed by atoms with van der Waals surface area (Å²) < 4.78 is 0.400. The summed E-state index contributed by atoms with van der Waals surface area (Å²) in [6.45, 7) is 3.99. The summed E-state index contributed by atoms with van der Waals surface area (Å²) in [5, 5.41) is 18.2. The van der Waals surface area contributed by atoms with E-state index in [1.165, 1.54) is 6.20 Å². The van der Waals surface area contributed by atoms with Crippen LogP contribution in [0.4, 0.5) is 5.69 Å². The Kier molecular flexibility index (Phi) is 4.28. The van der Waals surface area contributed by atoms with Crippen LogP contribution >= 0.6 is 15.9 Å². The van der Waals surface area contributed by atoms with Gasteiger partial charge in [-0.15, -0.1) is 0 Å². The lowest BCUT2D eigenvalue weighted by Gasteiger charge is -2.21. The second-order valence-electron chi connectivity index (χ2n) is 3.60. The van der Waals surface area contributed by atoms with Crippen molar-refractivity contribution in [2.45, 2.75) is 19.9 Å². The number of anilines is 1. The molecule has 5 nitrogen and oxygen atoms in total. The van der Waals surface area contributed by atoms with Gasteiger partial charge in [-0.05, 0) is 21.8 Å². The Balaban J connectivity index is 2.88. The van der Waals surface area contributed by atoms with Crippen molar-refractivity contribution in [2.24, 2.45) is 5.92 Å². The van der Waals surface area contributed by atoms with Crippen LogP contribution in [-0.2, 0) is 0 Å². The number of aromatic amines is 1. The van der Waals surface area contributed by atoms with Gasteiger partial charge in [0.25, 0.3) is 5.56 Å². The van der Waals surface area contributed by atoms with Gasteiger partial charge in [-0.1, -0.05) is 13.8 Å². The van der Waals surface area contributed by atoms with E-state index in [1.807, 2.05) is 13.8 Å². The first kappa shape index (κ1) is 12.2. The van der Waals surface area contributed by atoms with Crippen LogP contribution in [0.3, 0.4) is 0 Å². The lowest BCUT2D eigenvalue weighted by molar-refractivity contribution is 0.249. The number of nitrogens with one attached hydrogen (secondary N) is 2. The lowest BCUT2D eigenvalue weighted by atomic mass is 10.1. The summed E-state index contributed by atoms with van der Waals surface area (Å²) in [6.07, 6.45) is 1.51. The standard InChI is InChI=1S/C9H14BrN3O2/c1-5(2)7(4-14)12-6-3-11-13-9(15)8(6)10/h3,5,7,14H,4H2,1-2H3,(H2,12,13,15)/t7-/m1/s1. The molecule has 0 aromatic carbocycles. The molecule has 0 spiro atoms. The smallest absolute Gasteiger partial charge is 0.280 e. The average Bonchev–Trinajstić information content (AvgIpc) is 2.19. The van der Waals surface area contributed by atoms with Crippen LogP contribution in [-0.4, -0.2) is 28.0 Å². The lowest BCUT2D eigenvalue weighted by Crippen LogP contribution is -2.30. The topological polar surface area (TPSA) is 78.0 Å². The molecule has 0 aliphatic rings. The Morgan fingerprint density at radius 3 is 2.87 bits per heavy atom. The van der Waals surface area contributed by atoms with Crippen LogP contribution in [0.5, 0.6) is 0 Å². The minimum Gasteiger partial charge on any atom is -0.394 e. The maximum absolute atomic E-state index is 11.2. The van der Waals surface area contributed by atoms with Gasteiger partial charge in [-0.25, -0.2) is 5.10 Å². The Bertz CT molecular complexity index is 378. The number of aliphatic hydroxyl groups excluding tert-OH is 1. The number of aromatic nitrogens is 2. The second-order valence-corrected chi connectivity index (χ2v) is 4.40. The molecule has 0 amide bonds. The number of nitrogens with zero attached hydrogens (tertiary/aromatic N) is 1. The molecule has 84 valence electrons. The number of halogens is 1. The summed E-state index contributed by atoms with van der Waals surface area (Å²) in [7, 11) is 0. The number of hydrogen-bond donors (Lipinski definition) is 3. The van der Waals surface area contributed by atoms with E-state index >= 15 is 0 Å². The van der Waals surface area contributed by atoms with Crippen LogP contribution < -0.4 is 10.9 Å². The van der Waals surface area contributed by atoms with Gasteiger partial charge in [-0.3, -0.25) is 4.79 Å². The fourth-order valence-electron chi connectivity index (χ4n) is 1.11. The normalized spacial score (nSPS) is 12.9. The Hall–Kier alpha value is -0.880. The molecule has 0 saturated carbocycles. The fourth-order valence-corrected chi connectivity index (χ4v) is 1.41. The molecule has 0 unspecified atom stereocenters. The van der Waals surface area contributed by atoms with Crippen LogP contribution in [0, 0.1) is 5.92 Å². The van der Waals surface area contributed by atoms with Crippen LogP contribution in [0.1, 0.15) is 13.8 Å². The zero-order chi connectivity index (χ0) is 11.4. The maximum Gasteiger partial charge on any atom is 0.280 e. The summed E-state index contributed by atoms with van der Waals surface area (Å²) in [5.74, 6) is 0.265. The van der Waals surface area contributed by atoms with Crippen molar-refractivity contribution in [1.29, 1.82) is 0 Å². The van der Waals surface area contributed by atoms with E-state index in [-0.39, 0.29) is 24.1 Å². The fraction of sp³-hybridized carbons (Fsp3) is 0.556. The van der Waals surface area contributed by atoms with E-state index in [9.17, 15) is 4.79 Å². The first-order valence-electron chi connectivity index (χ1n) is 4.66. The van der Waals surface area contributed by atoms with Gasteiger partial charge in [0.1, 0.15) is 4.47 Å². The molecule has 1 rings (SSSR count). The molecule has 6 heteroatoms. The third-order valence-electron chi connectivity index (χ3n) is 2.14. The van der Waals surface area contributed by atoms with Gasteiger partial charge in [0.05, 0.1) is 24.5 Å². The Labute approximate surface area is 96.0 Å². The minimum absolute atomic E-state index is 0.0108. The van der Waals surface area contributed by atoms with Crippen molar-refractivity contribution in [2.75, 3.05) is 11.9 Å². The highest BCUT2D eigenvalue weighted by Gasteiger charge is 2.14. The van der Waals surface area contributed by atoms with Gasteiger partial charge >= 0.3 is 0 Å². The molecule has 0 aliphatic carbocycles. The SMILES string of the molecule is CC(C)[C@@H](CO)Nc1cn[nH]c(=O)c1Br. The molecule has 1 aromatic heterocycles. The molecule has 1 aromatic rings. The van der Waals surface area contributed by atoms with E-state index in [1.54, 1.807) is 0 Å². The van der Waals surface area contributed by atoms with E-state index < -0.39 is 0 Å². The summed E-state index contributed by atoms with van der Waals surface area (Å²) in [4.78, 5) is 11.2. The van der Waals surface area contributed by atoms with Crippen LogP contribution in [0.25, 0.3) is 0 Å². The summed E-state index contributed by atoms with van der Waals surface area (Å²) >= 11 is 3.16. The monoisotopic (exact) mass is 275 g/mol. The molecule has 0 fully saturated rings. The number of H-pyrrole nitrogens is 1. The number of hydrogen-bond acceptors (Lipinski definition) is 4. The van der Waals surface area contributed by atoms with Gasteiger partial charge in [0, 0.05) is 0 Å². The van der Waals surface area contributed by atoms with E-state index in [2.05, 4.69) is 31.4 Å².